The summed E-state index contributed by atoms with van der Waals surface area (Å²) in [5.41, 5.74) is 3.31. The zero-order valence-corrected chi connectivity index (χ0v) is 12.0. The van der Waals surface area contributed by atoms with Crippen LogP contribution in [0.15, 0.2) is 46.9 Å². The minimum Gasteiger partial charge on any atom is -0.381 e. The highest BCUT2D eigenvalue weighted by atomic mass is 79.9. The Kier molecular flexibility index (Phi) is 4.16. The van der Waals surface area contributed by atoms with E-state index in [1.165, 1.54) is 17.2 Å². The monoisotopic (exact) mass is 320 g/mol. The largest absolute Gasteiger partial charge is 0.381 e. The standard InChI is InChI=1S/C14H13BrN2O2/c1-10-2-4-11(5-3-10)9-16-12-6-7-14(17(18)19)13(15)8-12/h2-8,16H,9H2,1H3. The maximum atomic E-state index is 10.7. The van der Waals surface area contributed by atoms with E-state index in [2.05, 4.69) is 45.5 Å². The summed E-state index contributed by atoms with van der Waals surface area (Å²) in [6.45, 7) is 2.73. The van der Waals surface area contributed by atoms with Gasteiger partial charge in [0.15, 0.2) is 0 Å². The minimum absolute atomic E-state index is 0.0703. The van der Waals surface area contributed by atoms with Crippen LogP contribution in [0.2, 0.25) is 0 Å². The van der Waals surface area contributed by atoms with Gasteiger partial charge in [0.2, 0.25) is 0 Å². The first-order chi connectivity index (χ1) is 9.06. The van der Waals surface area contributed by atoms with Gasteiger partial charge in [0.25, 0.3) is 5.69 Å². The fourth-order valence-electron chi connectivity index (χ4n) is 1.67. The second kappa shape index (κ2) is 5.84. The number of anilines is 1. The molecule has 0 atom stereocenters. The van der Waals surface area contributed by atoms with Crippen LogP contribution < -0.4 is 5.32 Å². The van der Waals surface area contributed by atoms with E-state index in [1.54, 1.807) is 12.1 Å². The van der Waals surface area contributed by atoms with E-state index >= 15 is 0 Å². The first-order valence-corrected chi connectivity index (χ1v) is 6.59. The van der Waals surface area contributed by atoms with E-state index in [0.29, 0.717) is 11.0 Å². The van der Waals surface area contributed by atoms with Gasteiger partial charge in [-0.15, -0.1) is 0 Å². The van der Waals surface area contributed by atoms with Crippen molar-refractivity contribution in [3.8, 4) is 0 Å². The summed E-state index contributed by atoms with van der Waals surface area (Å²) in [5, 5.41) is 13.9. The van der Waals surface area contributed by atoms with Crippen molar-refractivity contribution < 1.29 is 4.92 Å². The Hall–Kier alpha value is -1.88. The first-order valence-electron chi connectivity index (χ1n) is 5.79. The number of nitrogens with zero attached hydrogens (tertiary/aromatic N) is 1. The molecule has 0 aliphatic heterocycles. The molecule has 0 amide bonds. The van der Waals surface area contributed by atoms with Crippen LogP contribution in [0.1, 0.15) is 11.1 Å². The van der Waals surface area contributed by atoms with Gasteiger partial charge >= 0.3 is 0 Å². The molecule has 0 aliphatic rings. The van der Waals surface area contributed by atoms with Crippen LogP contribution in [-0.4, -0.2) is 4.92 Å². The van der Waals surface area contributed by atoms with E-state index in [-0.39, 0.29) is 5.69 Å². The van der Waals surface area contributed by atoms with Gasteiger partial charge < -0.3 is 5.32 Å². The Labute approximate surface area is 119 Å². The number of hydrogen-bond donors (Lipinski definition) is 1. The van der Waals surface area contributed by atoms with Crippen LogP contribution in [0.5, 0.6) is 0 Å². The maximum absolute atomic E-state index is 10.7. The molecule has 2 aromatic carbocycles. The number of nitro benzene ring substituents is 1. The van der Waals surface area contributed by atoms with Crippen molar-refractivity contribution in [3.05, 3.63) is 68.2 Å². The summed E-state index contributed by atoms with van der Waals surface area (Å²) >= 11 is 3.20. The van der Waals surface area contributed by atoms with E-state index in [0.717, 1.165) is 5.69 Å². The number of hydrogen-bond acceptors (Lipinski definition) is 3. The molecule has 0 aliphatic carbocycles. The lowest BCUT2D eigenvalue weighted by atomic mass is 10.1. The number of nitro groups is 1. The molecule has 5 heteroatoms. The Balaban J connectivity index is 2.06. The number of rotatable bonds is 4. The molecule has 2 rings (SSSR count). The molecule has 19 heavy (non-hydrogen) atoms. The molecule has 0 spiro atoms. The zero-order chi connectivity index (χ0) is 13.8. The van der Waals surface area contributed by atoms with Gasteiger partial charge in [-0.25, -0.2) is 0 Å². The Morgan fingerprint density at radius 1 is 1.21 bits per heavy atom. The van der Waals surface area contributed by atoms with Crippen molar-refractivity contribution in [1.29, 1.82) is 0 Å². The zero-order valence-electron chi connectivity index (χ0n) is 10.4. The SMILES string of the molecule is Cc1ccc(CNc2ccc([N+](=O)[O-])c(Br)c2)cc1. The molecule has 4 nitrogen and oxygen atoms in total. The van der Waals surface area contributed by atoms with Gasteiger partial charge in [-0.05, 0) is 40.5 Å². The number of benzene rings is 2. The summed E-state index contributed by atoms with van der Waals surface area (Å²) in [4.78, 5) is 10.3. The summed E-state index contributed by atoms with van der Waals surface area (Å²) in [5.74, 6) is 0. The molecule has 1 N–H and O–H groups in total. The third-order valence-corrected chi connectivity index (χ3v) is 3.40. The lowest BCUT2D eigenvalue weighted by Crippen LogP contribution is -2.00. The Bertz CT molecular complexity index is 597. The van der Waals surface area contributed by atoms with Gasteiger partial charge in [0.1, 0.15) is 0 Å². The quantitative estimate of drug-likeness (QED) is 0.675. The summed E-state index contributed by atoms with van der Waals surface area (Å²) < 4.78 is 0.478. The summed E-state index contributed by atoms with van der Waals surface area (Å²) in [7, 11) is 0. The van der Waals surface area contributed by atoms with E-state index in [9.17, 15) is 10.1 Å². The van der Waals surface area contributed by atoms with Crippen molar-refractivity contribution in [3.63, 3.8) is 0 Å². The molecule has 98 valence electrons. The molecular formula is C14H13BrN2O2. The maximum Gasteiger partial charge on any atom is 0.283 e. The molecule has 0 fully saturated rings. The summed E-state index contributed by atoms with van der Waals surface area (Å²) in [6, 6.07) is 13.1. The van der Waals surface area contributed by atoms with E-state index in [1.807, 2.05) is 6.92 Å². The Morgan fingerprint density at radius 3 is 2.47 bits per heavy atom. The van der Waals surface area contributed by atoms with Crippen molar-refractivity contribution >= 4 is 27.3 Å². The fourth-order valence-corrected chi connectivity index (χ4v) is 2.20. The number of nitrogens with one attached hydrogen (secondary N) is 1. The van der Waals surface area contributed by atoms with Crippen molar-refractivity contribution in [2.45, 2.75) is 13.5 Å². The second-order valence-electron chi connectivity index (χ2n) is 4.26. The Morgan fingerprint density at radius 2 is 1.89 bits per heavy atom. The molecule has 2 aromatic rings. The second-order valence-corrected chi connectivity index (χ2v) is 5.12. The fraction of sp³-hybridized carbons (Fsp3) is 0.143. The molecule has 0 saturated carbocycles. The van der Waals surface area contributed by atoms with E-state index < -0.39 is 4.92 Å². The predicted octanol–water partition coefficient (Wildman–Crippen LogP) is 4.28. The van der Waals surface area contributed by atoms with Gasteiger partial charge in [-0.1, -0.05) is 29.8 Å². The molecule has 0 heterocycles. The highest BCUT2D eigenvalue weighted by Gasteiger charge is 2.11. The average molecular weight is 321 g/mol. The topological polar surface area (TPSA) is 55.2 Å². The molecule has 0 aromatic heterocycles. The average Bonchev–Trinajstić information content (AvgIpc) is 2.37. The number of aryl methyl sites for hydroxylation is 1. The van der Waals surface area contributed by atoms with Crippen molar-refractivity contribution in [1.82, 2.24) is 0 Å². The van der Waals surface area contributed by atoms with Gasteiger partial charge in [0, 0.05) is 18.3 Å². The van der Waals surface area contributed by atoms with E-state index in [4.69, 9.17) is 0 Å². The normalized spacial score (nSPS) is 10.2. The lowest BCUT2D eigenvalue weighted by molar-refractivity contribution is -0.385. The predicted molar refractivity (Wildman–Crippen MR) is 79.3 cm³/mol. The van der Waals surface area contributed by atoms with Gasteiger partial charge in [-0.2, -0.15) is 0 Å². The highest BCUT2D eigenvalue weighted by Crippen LogP contribution is 2.27. The van der Waals surface area contributed by atoms with Crippen LogP contribution in [0.3, 0.4) is 0 Å². The molecule has 0 bridgehead atoms. The molecule has 0 unspecified atom stereocenters. The lowest BCUT2D eigenvalue weighted by Gasteiger charge is -2.07. The van der Waals surface area contributed by atoms with Crippen LogP contribution in [0.4, 0.5) is 11.4 Å². The van der Waals surface area contributed by atoms with Crippen LogP contribution in [-0.2, 0) is 6.54 Å². The highest BCUT2D eigenvalue weighted by molar-refractivity contribution is 9.10. The van der Waals surface area contributed by atoms with Crippen LogP contribution in [0.25, 0.3) is 0 Å². The third kappa shape index (κ3) is 3.54. The summed E-state index contributed by atoms with van der Waals surface area (Å²) in [6.07, 6.45) is 0. The van der Waals surface area contributed by atoms with Gasteiger partial charge in [-0.3, -0.25) is 10.1 Å². The molecule has 0 saturated heterocycles. The smallest absolute Gasteiger partial charge is 0.283 e. The van der Waals surface area contributed by atoms with Crippen molar-refractivity contribution in [2.75, 3.05) is 5.32 Å². The third-order valence-electron chi connectivity index (χ3n) is 2.76. The molecular weight excluding hydrogens is 308 g/mol. The minimum atomic E-state index is -0.409. The van der Waals surface area contributed by atoms with Gasteiger partial charge in [0.05, 0.1) is 9.40 Å². The number of halogens is 1. The molecule has 0 radical (unpaired) electrons. The first kappa shape index (κ1) is 13.5. The van der Waals surface area contributed by atoms with Crippen molar-refractivity contribution in [2.24, 2.45) is 0 Å². The van der Waals surface area contributed by atoms with Crippen LogP contribution in [0, 0.1) is 17.0 Å². The van der Waals surface area contributed by atoms with Crippen LogP contribution >= 0.6 is 15.9 Å².